The van der Waals surface area contributed by atoms with E-state index in [-0.39, 0.29) is 50.1 Å². The van der Waals surface area contributed by atoms with Crippen LogP contribution in [-0.4, -0.2) is 4.57 Å². The molecule has 0 unspecified atom stereocenters. The normalized spacial score (nSPS) is 23.0. The lowest BCUT2D eigenvalue weighted by Gasteiger charge is -2.11. The van der Waals surface area contributed by atoms with Crippen LogP contribution in [0.1, 0.15) is 44.5 Å². The van der Waals surface area contributed by atoms with Gasteiger partial charge in [-0.3, -0.25) is 0 Å². The number of rotatable bonds is 1. The average Bonchev–Trinajstić information content (AvgIpc) is 3.47. The molecule has 1 heterocycles. The maximum Gasteiger partial charge on any atom is 0.0652 e. The van der Waals surface area contributed by atoms with E-state index in [1.54, 1.807) is 6.92 Å². The van der Waals surface area contributed by atoms with Crippen LogP contribution in [0.3, 0.4) is 0 Å². The molecule has 4 aromatic carbocycles. The van der Waals surface area contributed by atoms with E-state index in [0.717, 1.165) is 4.57 Å². The van der Waals surface area contributed by atoms with Crippen LogP contribution in [0.15, 0.2) is 90.6 Å². The van der Waals surface area contributed by atoms with E-state index in [0.29, 0.717) is 0 Å². The van der Waals surface area contributed by atoms with Gasteiger partial charge in [0, 0.05) is 22.4 Å². The lowest BCUT2D eigenvalue weighted by Crippen LogP contribution is -1.95. The number of benzene rings is 4. The monoisotopic (exact) mass is 360 g/mol. The molecule has 0 radical (unpaired) electrons. The van der Waals surface area contributed by atoms with E-state index in [1.165, 1.54) is 0 Å². The van der Waals surface area contributed by atoms with Crippen LogP contribution in [0.5, 0.6) is 0 Å². The Morgan fingerprint density at radius 1 is 0.667 bits per heavy atom. The third-order valence-corrected chi connectivity index (χ3v) is 4.92. The smallest absolute Gasteiger partial charge is 0.0652 e. The van der Waals surface area contributed by atoms with Crippen molar-refractivity contribution in [3.05, 3.63) is 102 Å². The Hall–Kier alpha value is -3.32. The van der Waals surface area contributed by atoms with Crippen molar-refractivity contribution in [1.82, 2.24) is 4.57 Å². The molecule has 0 aliphatic heterocycles. The molecule has 0 bridgehead atoms. The van der Waals surface area contributed by atoms with Gasteiger partial charge in [-0.2, -0.15) is 0 Å². The van der Waals surface area contributed by atoms with Gasteiger partial charge >= 0.3 is 0 Å². The van der Waals surface area contributed by atoms with Crippen molar-refractivity contribution in [2.45, 2.75) is 12.8 Å². The fourth-order valence-corrected chi connectivity index (χ4v) is 3.67. The molecule has 1 aliphatic rings. The lowest BCUT2D eigenvalue weighted by atomic mass is 9.99. The summed E-state index contributed by atoms with van der Waals surface area (Å²) in [7, 11) is 0. The van der Waals surface area contributed by atoms with Gasteiger partial charge < -0.3 is 4.57 Å². The molecule has 128 valence electrons. The van der Waals surface area contributed by atoms with E-state index in [1.807, 2.05) is 0 Å². The summed E-state index contributed by atoms with van der Waals surface area (Å²) in [4.78, 5) is 0. The zero-order valence-electron chi connectivity index (χ0n) is 29.0. The van der Waals surface area contributed by atoms with Gasteiger partial charge in [0.2, 0.25) is 0 Å². The Morgan fingerprint density at radius 3 is 2.00 bits per heavy atom. The molecule has 0 saturated carbocycles. The molecule has 0 fully saturated rings. The Labute approximate surface area is 179 Å². The fourth-order valence-electron chi connectivity index (χ4n) is 3.67. The third kappa shape index (κ3) is 1.94. The van der Waals surface area contributed by atoms with Crippen molar-refractivity contribution in [3.63, 3.8) is 0 Å². The van der Waals surface area contributed by atoms with E-state index in [4.69, 9.17) is 19.2 Å². The van der Waals surface area contributed by atoms with Crippen molar-refractivity contribution in [2.75, 3.05) is 0 Å². The molecule has 27 heavy (non-hydrogen) atoms. The predicted octanol–water partition coefficient (Wildman–Crippen LogP) is 6.92. The maximum absolute atomic E-state index is 9.28. The Morgan fingerprint density at radius 2 is 1.26 bits per heavy atom. The second kappa shape index (κ2) is 5.34. The summed E-state index contributed by atoms with van der Waals surface area (Å²) in [5.74, 6) is -0.779. The molecular weight excluding hydrogens is 326 g/mol. The molecule has 1 heteroatoms. The highest BCUT2D eigenvalue weighted by Gasteiger charge is 2.25. The first-order chi connectivity index (χ1) is 19.6. The molecule has 1 aromatic heterocycles. The molecule has 0 N–H and O–H groups in total. The van der Waals surface area contributed by atoms with Gasteiger partial charge in [-0.15, -0.1) is 0 Å². The number of fused-ring (bicyclic) bond motifs is 6. The number of hydrogen-bond donors (Lipinski definition) is 0. The lowest BCUT2D eigenvalue weighted by molar-refractivity contribution is 0.955. The first-order valence-electron chi connectivity index (χ1n) is 15.8. The zero-order valence-corrected chi connectivity index (χ0v) is 14.0. The van der Waals surface area contributed by atoms with Gasteiger partial charge in [-0.1, -0.05) is 73.4 Å². The average molecular weight is 361 g/mol. The van der Waals surface area contributed by atoms with Gasteiger partial charge in [0.25, 0.3) is 0 Å². The first kappa shape index (κ1) is 6.38. The van der Waals surface area contributed by atoms with Crippen LogP contribution < -0.4 is 0 Å². The first-order valence-corrected chi connectivity index (χ1v) is 8.33. The largest absolute Gasteiger partial charge is 0.309 e. The van der Waals surface area contributed by atoms with Crippen molar-refractivity contribution in [3.8, 4) is 16.8 Å². The predicted molar refractivity (Wildman–Crippen MR) is 114 cm³/mol. The summed E-state index contributed by atoms with van der Waals surface area (Å²) in [6.07, 6.45) is 0. The van der Waals surface area contributed by atoms with Crippen LogP contribution in [0.2, 0.25) is 0 Å². The highest BCUT2D eigenvalue weighted by atomic mass is 15.0. The third-order valence-electron chi connectivity index (χ3n) is 4.92. The van der Waals surface area contributed by atoms with Crippen LogP contribution >= 0.6 is 0 Å². The van der Waals surface area contributed by atoms with Crippen molar-refractivity contribution >= 4 is 21.8 Å². The SMILES string of the molecule is [2H]c1c([2H])c([2H])c2c(c1[2H])-c1c([2H])c(-n3c4c([2H])c([2H])c([2H])c([2H])c4c4c([2H])c([2H])c([2H])c([2H])c43)c([2H])c([2H])c1[C@H]2C. The summed E-state index contributed by atoms with van der Waals surface area (Å²) in [6, 6.07) is -8.39. The summed E-state index contributed by atoms with van der Waals surface area (Å²) < 4.78 is 129. The Balaban J connectivity index is 1.93. The number of aromatic nitrogens is 1. The van der Waals surface area contributed by atoms with E-state index < -0.39 is 96.2 Å². The van der Waals surface area contributed by atoms with Gasteiger partial charge in [0.05, 0.1) is 31.6 Å². The minimum Gasteiger partial charge on any atom is -0.309 e. The molecule has 5 aromatic rings. The summed E-state index contributed by atoms with van der Waals surface area (Å²) in [5.41, 5.74) is -0.830. The van der Waals surface area contributed by atoms with E-state index >= 15 is 0 Å². The van der Waals surface area contributed by atoms with Crippen LogP contribution in [-0.2, 0) is 0 Å². The van der Waals surface area contributed by atoms with Gasteiger partial charge in [-0.05, 0) is 46.4 Å². The molecular formula is C26H19N. The quantitative estimate of drug-likeness (QED) is 0.306. The maximum atomic E-state index is 9.28. The summed E-state index contributed by atoms with van der Waals surface area (Å²) in [5, 5.41) is -0.492. The van der Waals surface area contributed by atoms with Crippen LogP contribution in [0, 0.1) is 0 Å². The highest BCUT2D eigenvalue weighted by Crippen LogP contribution is 2.45. The molecule has 1 atom stereocenters. The summed E-state index contributed by atoms with van der Waals surface area (Å²) >= 11 is 0. The van der Waals surface area contributed by atoms with E-state index in [9.17, 15) is 1.37 Å². The molecule has 0 spiro atoms. The Bertz CT molecular complexity index is 2030. The van der Waals surface area contributed by atoms with Crippen molar-refractivity contribution in [2.24, 2.45) is 0 Å². The molecule has 1 nitrogen and oxygen atoms in total. The minimum absolute atomic E-state index is 0.0205. The topological polar surface area (TPSA) is 4.93 Å². The zero-order chi connectivity index (χ0) is 31.0. The van der Waals surface area contributed by atoms with Crippen LogP contribution in [0.4, 0.5) is 0 Å². The molecule has 0 amide bonds. The van der Waals surface area contributed by atoms with Crippen molar-refractivity contribution < 1.29 is 20.6 Å². The van der Waals surface area contributed by atoms with Crippen LogP contribution in [0.25, 0.3) is 38.6 Å². The molecule has 6 rings (SSSR count). The molecule has 1 aliphatic carbocycles. The number of hydrogen-bond acceptors (Lipinski definition) is 0. The van der Waals surface area contributed by atoms with Crippen molar-refractivity contribution in [1.29, 1.82) is 0 Å². The van der Waals surface area contributed by atoms with Gasteiger partial charge in [0.15, 0.2) is 0 Å². The second-order valence-electron chi connectivity index (χ2n) is 6.31. The minimum atomic E-state index is -0.779. The van der Waals surface area contributed by atoms with Gasteiger partial charge in [-0.25, -0.2) is 0 Å². The summed E-state index contributed by atoms with van der Waals surface area (Å²) in [6.45, 7) is 1.61. The number of para-hydroxylation sites is 2. The Kier molecular flexibility index (Phi) is 1.26. The second-order valence-corrected chi connectivity index (χ2v) is 6.31. The standard InChI is InChI=1S/C26H19N/c1-17-19-8-2-3-9-21(19)24-16-18(14-15-20(17)24)27-25-12-6-4-10-22(25)23-11-5-7-13-26(23)27/h2-17H,1H3/t17-/m0/s1/i2D,3D,4D,5D,6D,7D,8D,9D,10D,11D,12D,13D,14D,15D,16D. The highest BCUT2D eigenvalue weighted by molar-refractivity contribution is 6.09. The van der Waals surface area contributed by atoms with E-state index in [2.05, 4.69) is 0 Å². The number of nitrogens with zero attached hydrogens (tertiary/aromatic N) is 1. The molecule has 0 saturated heterocycles. The fraction of sp³-hybridized carbons (Fsp3) is 0.0769. The van der Waals surface area contributed by atoms with Gasteiger partial charge in [0.1, 0.15) is 0 Å².